The van der Waals surface area contributed by atoms with Crippen molar-refractivity contribution < 1.29 is 19.4 Å². The van der Waals surface area contributed by atoms with Crippen molar-refractivity contribution >= 4 is 12.0 Å². The molecule has 0 aromatic rings. The summed E-state index contributed by atoms with van der Waals surface area (Å²) in [6.07, 6.45) is 3.59. The van der Waals surface area contributed by atoms with Crippen LogP contribution in [0.1, 0.15) is 25.7 Å². The number of urea groups is 1. The summed E-state index contributed by atoms with van der Waals surface area (Å²) in [5.74, 6) is -1.24. The maximum atomic E-state index is 12.0. The van der Waals surface area contributed by atoms with Gasteiger partial charge in [-0.2, -0.15) is 0 Å². The Morgan fingerprint density at radius 1 is 1.33 bits per heavy atom. The minimum absolute atomic E-state index is 0.0615. The Labute approximate surface area is 106 Å². The summed E-state index contributed by atoms with van der Waals surface area (Å²) in [5.41, 5.74) is 0. The summed E-state index contributed by atoms with van der Waals surface area (Å²) >= 11 is 0. The molecule has 0 spiro atoms. The lowest BCUT2D eigenvalue weighted by atomic mass is 10.1. The second kappa shape index (κ2) is 5.56. The van der Waals surface area contributed by atoms with Gasteiger partial charge in [0.05, 0.1) is 18.1 Å². The molecule has 6 heteroatoms. The van der Waals surface area contributed by atoms with Gasteiger partial charge >= 0.3 is 12.0 Å². The van der Waals surface area contributed by atoms with Crippen LogP contribution in [0.4, 0.5) is 4.79 Å². The Hall–Kier alpha value is -1.30. The summed E-state index contributed by atoms with van der Waals surface area (Å²) < 4.78 is 5.32. The molecule has 6 nitrogen and oxygen atoms in total. The first-order valence-electron chi connectivity index (χ1n) is 6.43. The number of nitrogens with zero attached hydrogens (tertiary/aromatic N) is 1. The molecular weight excluding hydrogens is 236 g/mol. The van der Waals surface area contributed by atoms with Crippen molar-refractivity contribution in [1.29, 1.82) is 0 Å². The standard InChI is InChI=1S/C12H20N2O4/c1-18-10-4-2-3-9(10)13-12(17)14-6-5-8(7-14)11(15)16/h8-10H,2-7H2,1H3,(H,13,17)(H,15,16)/t8?,9-,10-/m1/s1. The molecule has 0 bridgehead atoms. The first-order chi connectivity index (χ1) is 8.61. The number of carboxylic acids is 1. The van der Waals surface area contributed by atoms with Crippen LogP contribution in [0.5, 0.6) is 0 Å². The number of nitrogens with one attached hydrogen (secondary N) is 1. The molecule has 1 heterocycles. The van der Waals surface area contributed by atoms with Gasteiger partial charge in [-0.15, -0.1) is 0 Å². The predicted octanol–water partition coefficient (Wildman–Crippen LogP) is 0.670. The molecule has 2 rings (SSSR count). The van der Waals surface area contributed by atoms with Crippen molar-refractivity contribution in [2.75, 3.05) is 20.2 Å². The molecule has 0 radical (unpaired) electrons. The maximum absolute atomic E-state index is 12.0. The summed E-state index contributed by atoms with van der Waals surface area (Å²) in [6.45, 7) is 0.832. The highest BCUT2D eigenvalue weighted by atomic mass is 16.5. The zero-order chi connectivity index (χ0) is 13.1. The van der Waals surface area contributed by atoms with Crippen LogP contribution in [-0.2, 0) is 9.53 Å². The molecule has 1 saturated heterocycles. The van der Waals surface area contributed by atoms with Crippen LogP contribution in [0.15, 0.2) is 0 Å². The number of aliphatic carboxylic acids is 1. The van der Waals surface area contributed by atoms with Crippen LogP contribution in [0.25, 0.3) is 0 Å². The monoisotopic (exact) mass is 256 g/mol. The molecule has 18 heavy (non-hydrogen) atoms. The van der Waals surface area contributed by atoms with Crippen LogP contribution >= 0.6 is 0 Å². The lowest BCUT2D eigenvalue weighted by Gasteiger charge is -2.23. The molecule has 1 aliphatic heterocycles. The van der Waals surface area contributed by atoms with Crippen LogP contribution in [0.2, 0.25) is 0 Å². The third kappa shape index (κ3) is 2.75. The molecule has 0 aromatic carbocycles. The van der Waals surface area contributed by atoms with Gasteiger partial charge in [0, 0.05) is 20.2 Å². The highest BCUT2D eigenvalue weighted by molar-refractivity contribution is 5.77. The zero-order valence-corrected chi connectivity index (χ0v) is 10.6. The molecule has 1 aliphatic carbocycles. The van der Waals surface area contributed by atoms with E-state index in [2.05, 4.69) is 5.32 Å². The summed E-state index contributed by atoms with van der Waals surface area (Å²) in [7, 11) is 1.66. The van der Waals surface area contributed by atoms with E-state index in [1.807, 2.05) is 0 Å². The molecule has 2 aliphatic rings. The Morgan fingerprint density at radius 2 is 2.11 bits per heavy atom. The number of methoxy groups -OCH3 is 1. The summed E-state index contributed by atoms with van der Waals surface area (Å²) in [4.78, 5) is 24.4. The van der Waals surface area contributed by atoms with E-state index in [0.717, 1.165) is 19.3 Å². The van der Waals surface area contributed by atoms with Crippen LogP contribution < -0.4 is 5.32 Å². The Morgan fingerprint density at radius 3 is 2.72 bits per heavy atom. The van der Waals surface area contributed by atoms with E-state index in [-0.39, 0.29) is 18.2 Å². The van der Waals surface area contributed by atoms with Crippen LogP contribution in [0, 0.1) is 5.92 Å². The number of carbonyl (C=O) groups is 2. The second-order valence-electron chi connectivity index (χ2n) is 5.03. The van der Waals surface area contributed by atoms with Crippen LogP contribution in [-0.4, -0.2) is 54.4 Å². The fraction of sp³-hybridized carbons (Fsp3) is 0.833. The maximum Gasteiger partial charge on any atom is 0.317 e. The van der Waals surface area contributed by atoms with Crippen molar-refractivity contribution in [3.8, 4) is 0 Å². The molecule has 1 unspecified atom stereocenters. The molecule has 2 fully saturated rings. The fourth-order valence-corrected chi connectivity index (χ4v) is 2.77. The minimum Gasteiger partial charge on any atom is -0.481 e. The van der Waals surface area contributed by atoms with Gasteiger partial charge in [0.15, 0.2) is 0 Å². The number of carboxylic acid groups (broad SMARTS) is 1. The van der Waals surface area contributed by atoms with Gasteiger partial charge in [-0.05, 0) is 25.7 Å². The number of hydrogen-bond acceptors (Lipinski definition) is 3. The highest BCUT2D eigenvalue weighted by Gasteiger charge is 2.34. The van der Waals surface area contributed by atoms with Gasteiger partial charge in [-0.25, -0.2) is 4.79 Å². The number of rotatable bonds is 3. The predicted molar refractivity (Wildman–Crippen MR) is 64.3 cm³/mol. The number of hydrogen-bond donors (Lipinski definition) is 2. The third-order valence-electron chi connectivity index (χ3n) is 3.89. The Bertz CT molecular complexity index is 334. The molecule has 2 N–H and O–H groups in total. The van der Waals surface area contributed by atoms with Crippen molar-refractivity contribution in [3.63, 3.8) is 0 Å². The SMILES string of the molecule is CO[C@@H]1CCC[C@H]1NC(=O)N1CCC(C(=O)O)C1. The zero-order valence-electron chi connectivity index (χ0n) is 10.6. The van der Waals surface area contributed by atoms with Crippen molar-refractivity contribution in [3.05, 3.63) is 0 Å². The molecular formula is C12H20N2O4. The molecule has 2 amide bonds. The van der Waals surface area contributed by atoms with Gasteiger partial charge < -0.3 is 20.1 Å². The Kier molecular flexibility index (Phi) is 4.06. The van der Waals surface area contributed by atoms with Gasteiger partial charge in [0.2, 0.25) is 0 Å². The van der Waals surface area contributed by atoms with E-state index in [9.17, 15) is 9.59 Å². The number of ether oxygens (including phenoxy) is 1. The second-order valence-corrected chi connectivity index (χ2v) is 5.03. The largest absolute Gasteiger partial charge is 0.481 e. The van der Waals surface area contributed by atoms with Crippen molar-refractivity contribution in [2.45, 2.75) is 37.8 Å². The minimum atomic E-state index is -0.819. The van der Waals surface area contributed by atoms with Crippen molar-refractivity contribution in [1.82, 2.24) is 10.2 Å². The number of likely N-dealkylation sites (tertiary alicyclic amines) is 1. The van der Waals surface area contributed by atoms with E-state index in [4.69, 9.17) is 9.84 Å². The normalized spacial score (nSPS) is 31.6. The number of amides is 2. The third-order valence-corrected chi connectivity index (χ3v) is 3.89. The average Bonchev–Trinajstić information content (AvgIpc) is 2.96. The Balaban J connectivity index is 1.83. The van der Waals surface area contributed by atoms with E-state index in [1.165, 1.54) is 0 Å². The smallest absolute Gasteiger partial charge is 0.317 e. The van der Waals surface area contributed by atoms with E-state index in [1.54, 1.807) is 12.0 Å². The lowest BCUT2D eigenvalue weighted by Crippen LogP contribution is -2.47. The van der Waals surface area contributed by atoms with Gasteiger partial charge in [-0.3, -0.25) is 4.79 Å². The van der Waals surface area contributed by atoms with E-state index >= 15 is 0 Å². The highest BCUT2D eigenvalue weighted by Crippen LogP contribution is 2.22. The van der Waals surface area contributed by atoms with Gasteiger partial charge in [0.25, 0.3) is 0 Å². The summed E-state index contributed by atoms with van der Waals surface area (Å²) in [5, 5.41) is 11.8. The van der Waals surface area contributed by atoms with E-state index in [0.29, 0.717) is 19.5 Å². The molecule has 1 saturated carbocycles. The molecule has 102 valence electrons. The van der Waals surface area contributed by atoms with Crippen LogP contribution in [0.3, 0.4) is 0 Å². The molecule has 3 atom stereocenters. The van der Waals surface area contributed by atoms with E-state index < -0.39 is 11.9 Å². The molecule has 0 aromatic heterocycles. The first kappa shape index (κ1) is 13.1. The van der Waals surface area contributed by atoms with Gasteiger partial charge in [-0.1, -0.05) is 0 Å². The van der Waals surface area contributed by atoms with Crippen molar-refractivity contribution in [2.24, 2.45) is 5.92 Å². The fourth-order valence-electron chi connectivity index (χ4n) is 2.77. The first-order valence-corrected chi connectivity index (χ1v) is 6.43. The summed E-state index contributed by atoms with van der Waals surface area (Å²) in [6, 6.07) is -0.0981. The lowest BCUT2D eigenvalue weighted by molar-refractivity contribution is -0.141. The van der Waals surface area contributed by atoms with Gasteiger partial charge in [0.1, 0.15) is 0 Å². The quantitative estimate of drug-likeness (QED) is 0.778. The number of carbonyl (C=O) groups excluding carboxylic acids is 1. The topological polar surface area (TPSA) is 78.9 Å². The average molecular weight is 256 g/mol.